The molecule has 0 fully saturated rings. The van der Waals surface area contributed by atoms with Gasteiger partial charge in [0.05, 0.1) is 13.7 Å². The fourth-order valence-corrected chi connectivity index (χ4v) is 3.55. The van der Waals surface area contributed by atoms with Crippen LogP contribution >= 0.6 is 0 Å². The van der Waals surface area contributed by atoms with Crippen LogP contribution in [-0.4, -0.2) is 40.8 Å². The Morgan fingerprint density at radius 3 is 2.27 bits per heavy atom. The van der Waals surface area contributed by atoms with E-state index in [1.165, 1.54) is 24.1 Å². The van der Waals surface area contributed by atoms with Crippen molar-refractivity contribution in [3.63, 3.8) is 0 Å². The molecule has 0 unspecified atom stereocenters. The van der Waals surface area contributed by atoms with E-state index < -0.39 is 5.97 Å². The van der Waals surface area contributed by atoms with Crippen LogP contribution in [0.15, 0.2) is 24.3 Å². The Kier molecular flexibility index (Phi) is 7.54. The minimum Gasteiger partial charge on any atom is -0.464 e. The van der Waals surface area contributed by atoms with Crippen LogP contribution in [-0.2, 0) is 23.1 Å². The third-order valence-electron chi connectivity index (χ3n) is 5.14. The van der Waals surface area contributed by atoms with Gasteiger partial charge in [-0.25, -0.2) is 9.18 Å². The Morgan fingerprint density at radius 2 is 1.73 bits per heavy atom. The van der Waals surface area contributed by atoms with Crippen LogP contribution in [0.4, 0.5) is 4.39 Å². The smallest absolute Gasteiger partial charge is 0.354 e. The number of carbonyl (C=O) groups excluding carboxylic acids is 3. The SMILES string of the molecule is COC(=O)c1c(C)c(C(=O)CN(Cc2ccc(F)cc2)C(=O)CC(C)C)c(C)n1C. The van der Waals surface area contributed by atoms with Gasteiger partial charge in [0.2, 0.25) is 5.91 Å². The van der Waals surface area contributed by atoms with E-state index in [2.05, 4.69) is 0 Å². The standard InChI is InChI=1S/C23H29FN2O4/c1-14(2)11-20(28)26(12-17-7-9-18(24)10-8-17)13-19(27)21-15(3)22(23(29)30-6)25(5)16(21)4/h7-10,14H,11-13H2,1-6H3. The number of aromatic nitrogens is 1. The maximum Gasteiger partial charge on any atom is 0.354 e. The number of esters is 1. The molecule has 1 heterocycles. The number of halogens is 1. The molecule has 1 aromatic carbocycles. The molecule has 0 aliphatic heterocycles. The summed E-state index contributed by atoms with van der Waals surface area (Å²) in [6.45, 7) is 7.40. The molecule has 6 nitrogen and oxygen atoms in total. The van der Waals surface area contributed by atoms with Gasteiger partial charge in [-0.2, -0.15) is 0 Å². The summed E-state index contributed by atoms with van der Waals surface area (Å²) in [7, 11) is 2.99. The molecule has 0 spiro atoms. The highest BCUT2D eigenvalue weighted by Gasteiger charge is 2.27. The third-order valence-corrected chi connectivity index (χ3v) is 5.14. The van der Waals surface area contributed by atoms with Crippen molar-refractivity contribution >= 4 is 17.7 Å². The van der Waals surface area contributed by atoms with Gasteiger partial charge >= 0.3 is 5.97 Å². The molecule has 0 N–H and O–H groups in total. The molecule has 0 saturated carbocycles. The van der Waals surface area contributed by atoms with Crippen molar-refractivity contribution in [2.45, 2.75) is 40.7 Å². The zero-order valence-electron chi connectivity index (χ0n) is 18.4. The van der Waals surface area contributed by atoms with Crippen LogP contribution in [0.3, 0.4) is 0 Å². The van der Waals surface area contributed by atoms with E-state index in [1.807, 2.05) is 13.8 Å². The van der Waals surface area contributed by atoms with Gasteiger partial charge < -0.3 is 14.2 Å². The number of amides is 1. The van der Waals surface area contributed by atoms with Crippen molar-refractivity contribution in [1.29, 1.82) is 0 Å². The van der Waals surface area contributed by atoms with Gasteiger partial charge in [0.1, 0.15) is 11.5 Å². The Labute approximate surface area is 176 Å². The number of hydrogen-bond acceptors (Lipinski definition) is 4. The van der Waals surface area contributed by atoms with Crippen molar-refractivity contribution in [2.24, 2.45) is 13.0 Å². The largest absolute Gasteiger partial charge is 0.464 e. The van der Waals surface area contributed by atoms with E-state index in [9.17, 15) is 18.8 Å². The first-order valence-corrected chi connectivity index (χ1v) is 9.86. The summed E-state index contributed by atoms with van der Waals surface area (Å²) in [6.07, 6.45) is 0.300. The van der Waals surface area contributed by atoms with E-state index >= 15 is 0 Å². The number of hydrogen-bond donors (Lipinski definition) is 0. The summed E-state index contributed by atoms with van der Waals surface area (Å²) in [4.78, 5) is 39.6. The number of carbonyl (C=O) groups is 3. The van der Waals surface area contributed by atoms with Crippen molar-refractivity contribution in [1.82, 2.24) is 9.47 Å². The molecular weight excluding hydrogens is 387 g/mol. The Bertz CT molecular complexity index is 945. The molecule has 0 radical (unpaired) electrons. The fourth-order valence-electron chi connectivity index (χ4n) is 3.55. The van der Waals surface area contributed by atoms with Crippen LogP contribution in [0.5, 0.6) is 0 Å². The minimum atomic E-state index is -0.517. The average molecular weight is 416 g/mol. The first-order chi connectivity index (χ1) is 14.1. The highest BCUT2D eigenvalue weighted by molar-refractivity contribution is 6.04. The minimum absolute atomic E-state index is 0.130. The van der Waals surface area contributed by atoms with Crippen molar-refractivity contribution in [2.75, 3.05) is 13.7 Å². The Balaban J connectivity index is 2.35. The summed E-state index contributed by atoms with van der Waals surface area (Å²) in [5.74, 6) is -1.15. The number of Topliss-reactive ketones (excluding diaryl/α,β-unsaturated/α-hetero) is 1. The molecule has 1 aromatic heterocycles. The number of methoxy groups -OCH3 is 1. The van der Waals surface area contributed by atoms with E-state index in [0.29, 0.717) is 28.9 Å². The van der Waals surface area contributed by atoms with E-state index in [4.69, 9.17) is 4.74 Å². The molecule has 0 aliphatic carbocycles. The van der Waals surface area contributed by atoms with Gasteiger partial charge in [0, 0.05) is 31.3 Å². The molecule has 2 rings (SSSR count). The van der Waals surface area contributed by atoms with Crippen LogP contribution in [0.2, 0.25) is 0 Å². The second-order valence-electron chi connectivity index (χ2n) is 7.88. The third kappa shape index (κ3) is 5.14. The van der Waals surface area contributed by atoms with E-state index in [0.717, 1.165) is 5.56 Å². The van der Waals surface area contributed by atoms with Gasteiger partial charge in [0.25, 0.3) is 0 Å². The second kappa shape index (κ2) is 9.69. The van der Waals surface area contributed by atoms with Crippen molar-refractivity contribution in [3.8, 4) is 0 Å². The summed E-state index contributed by atoms with van der Waals surface area (Å²) in [6, 6.07) is 5.86. The predicted molar refractivity (Wildman–Crippen MR) is 112 cm³/mol. The van der Waals surface area contributed by atoms with Crippen LogP contribution in [0, 0.1) is 25.6 Å². The zero-order valence-corrected chi connectivity index (χ0v) is 18.4. The molecule has 0 atom stereocenters. The van der Waals surface area contributed by atoms with Crippen molar-refractivity contribution < 1.29 is 23.5 Å². The molecular formula is C23H29FN2O4. The number of benzene rings is 1. The topological polar surface area (TPSA) is 68.6 Å². The van der Waals surface area contributed by atoms with E-state index in [-0.39, 0.29) is 36.5 Å². The summed E-state index contributed by atoms with van der Waals surface area (Å²) < 4.78 is 19.7. The molecule has 7 heteroatoms. The van der Waals surface area contributed by atoms with Crippen molar-refractivity contribution in [3.05, 3.63) is 58.2 Å². The van der Waals surface area contributed by atoms with Crippen LogP contribution in [0.1, 0.15) is 57.9 Å². The number of rotatable bonds is 8. The summed E-state index contributed by atoms with van der Waals surface area (Å²) in [5, 5.41) is 0. The Hall–Kier alpha value is -2.96. The highest BCUT2D eigenvalue weighted by atomic mass is 19.1. The fraction of sp³-hybridized carbons (Fsp3) is 0.435. The predicted octanol–water partition coefficient (Wildman–Crippen LogP) is 3.83. The lowest BCUT2D eigenvalue weighted by Gasteiger charge is -2.23. The highest BCUT2D eigenvalue weighted by Crippen LogP contribution is 2.23. The maximum atomic E-state index is 13.2. The van der Waals surface area contributed by atoms with Gasteiger partial charge in [-0.05, 0) is 43.0 Å². The lowest BCUT2D eigenvalue weighted by molar-refractivity contribution is -0.132. The second-order valence-corrected chi connectivity index (χ2v) is 7.88. The molecule has 0 bridgehead atoms. The maximum absolute atomic E-state index is 13.2. The van der Waals surface area contributed by atoms with Gasteiger partial charge in [-0.3, -0.25) is 9.59 Å². The zero-order chi connectivity index (χ0) is 22.6. The number of ether oxygens (including phenoxy) is 1. The molecule has 30 heavy (non-hydrogen) atoms. The van der Waals surface area contributed by atoms with Gasteiger partial charge in [0.15, 0.2) is 5.78 Å². The Morgan fingerprint density at radius 1 is 1.13 bits per heavy atom. The van der Waals surface area contributed by atoms with Crippen LogP contribution in [0.25, 0.3) is 0 Å². The summed E-state index contributed by atoms with van der Waals surface area (Å²) >= 11 is 0. The lowest BCUT2D eigenvalue weighted by atomic mass is 10.0. The molecule has 162 valence electrons. The monoisotopic (exact) mass is 416 g/mol. The van der Waals surface area contributed by atoms with E-state index in [1.54, 1.807) is 37.6 Å². The summed E-state index contributed by atoms with van der Waals surface area (Å²) in [5.41, 5.74) is 2.63. The normalized spacial score (nSPS) is 10.9. The molecule has 1 amide bonds. The quantitative estimate of drug-likeness (QED) is 0.485. The molecule has 2 aromatic rings. The van der Waals surface area contributed by atoms with Crippen LogP contribution < -0.4 is 0 Å². The number of ketones is 1. The molecule has 0 aliphatic rings. The van der Waals surface area contributed by atoms with Gasteiger partial charge in [-0.1, -0.05) is 26.0 Å². The lowest BCUT2D eigenvalue weighted by Crippen LogP contribution is -2.36. The average Bonchev–Trinajstić information content (AvgIpc) is 2.90. The molecule has 0 saturated heterocycles. The number of nitrogens with zero attached hydrogens (tertiary/aromatic N) is 2. The first kappa shape index (κ1) is 23.3. The first-order valence-electron chi connectivity index (χ1n) is 9.86. The van der Waals surface area contributed by atoms with Gasteiger partial charge in [-0.15, -0.1) is 0 Å².